The number of rotatable bonds is 3. The van der Waals surface area contributed by atoms with Crippen LogP contribution in [-0.4, -0.2) is 39.0 Å². The number of aromatic nitrogens is 2. The molecule has 1 saturated heterocycles. The second kappa shape index (κ2) is 5.72. The van der Waals surface area contributed by atoms with Crippen molar-refractivity contribution in [2.75, 3.05) is 13.1 Å². The number of nitrogens with zero attached hydrogens (tertiary/aromatic N) is 3. The van der Waals surface area contributed by atoms with Gasteiger partial charge in [0.15, 0.2) is 5.15 Å². The molecule has 1 aromatic heterocycles. The summed E-state index contributed by atoms with van der Waals surface area (Å²) in [5.41, 5.74) is 1.08. The molecule has 0 saturated carbocycles. The first kappa shape index (κ1) is 13.9. The number of aliphatic hydroxyl groups excluding tert-OH is 1. The van der Waals surface area contributed by atoms with Crippen molar-refractivity contribution in [2.24, 2.45) is 5.92 Å². The van der Waals surface area contributed by atoms with Crippen LogP contribution in [0.2, 0.25) is 5.15 Å². The van der Waals surface area contributed by atoms with Gasteiger partial charge in [-0.3, -0.25) is 4.90 Å². The van der Waals surface area contributed by atoms with Gasteiger partial charge in [-0.1, -0.05) is 23.7 Å². The van der Waals surface area contributed by atoms with Crippen molar-refractivity contribution >= 4 is 22.5 Å². The van der Waals surface area contributed by atoms with Gasteiger partial charge in [-0.15, -0.1) is 0 Å². The third-order valence-corrected chi connectivity index (χ3v) is 4.54. The Hall–Kier alpha value is -1.10. The Morgan fingerprint density at radius 2 is 2.05 bits per heavy atom. The van der Waals surface area contributed by atoms with Crippen molar-refractivity contribution in [2.45, 2.75) is 32.5 Å². The summed E-state index contributed by atoms with van der Waals surface area (Å²) in [7, 11) is 0. The molecule has 0 amide bonds. The fourth-order valence-electron chi connectivity index (χ4n) is 2.96. The molecular weight excluding hydrogens is 274 g/mol. The zero-order valence-corrected chi connectivity index (χ0v) is 12.4. The first-order valence-corrected chi connectivity index (χ1v) is 7.54. The average Bonchev–Trinajstić information content (AvgIpc) is 2.77. The predicted molar refractivity (Wildman–Crippen MR) is 80.7 cm³/mol. The Bertz CT molecular complexity index is 588. The van der Waals surface area contributed by atoms with E-state index in [1.54, 1.807) is 0 Å². The number of fused-ring (bicyclic) bond motifs is 1. The number of benzene rings is 1. The van der Waals surface area contributed by atoms with Crippen molar-refractivity contribution in [3.05, 3.63) is 29.4 Å². The van der Waals surface area contributed by atoms with Crippen molar-refractivity contribution in [3.8, 4) is 0 Å². The Morgan fingerprint density at radius 1 is 1.35 bits per heavy atom. The molecule has 108 valence electrons. The number of likely N-dealkylation sites (tertiary alicyclic amines) is 1. The lowest BCUT2D eigenvalue weighted by Gasteiger charge is -2.33. The number of hydrogen-bond acceptors (Lipinski definition) is 3. The van der Waals surface area contributed by atoms with Gasteiger partial charge in [0.2, 0.25) is 0 Å². The van der Waals surface area contributed by atoms with E-state index in [-0.39, 0.29) is 6.10 Å². The summed E-state index contributed by atoms with van der Waals surface area (Å²) in [6.45, 7) is 4.66. The smallest absolute Gasteiger partial charge is 0.158 e. The summed E-state index contributed by atoms with van der Waals surface area (Å²) in [6, 6.07) is 8.04. The molecule has 1 unspecified atom stereocenters. The summed E-state index contributed by atoms with van der Waals surface area (Å²) in [5.74, 6) is 0.434. The van der Waals surface area contributed by atoms with Crippen molar-refractivity contribution in [3.63, 3.8) is 0 Å². The van der Waals surface area contributed by atoms with Crippen LogP contribution in [-0.2, 0) is 6.67 Å². The fraction of sp³-hybridized carbons (Fsp3) is 0.533. The Balaban J connectivity index is 1.72. The van der Waals surface area contributed by atoms with Gasteiger partial charge in [0.25, 0.3) is 0 Å². The molecule has 2 heterocycles. The van der Waals surface area contributed by atoms with Crippen LogP contribution in [0, 0.1) is 5.92 Å². The number of para-hydroxylation sites is 1. The van der Waals surface area contributed by atoms with Gasteiger partial charge < -0.3 is 5.11 Å². The number of aliphatic hydroxyl groups is 1. The molecule has 0 spiro atoms. The van der Waals surface area contributed by atoms with E-state index in [2.05, 4.69) is 16.1 Å². The zero-order valence-electron chi connectivity index (χ0n) is 11.7. The molecule has 3 rings (SSSR count). The molecule has 0 bridgehead atoms. The molecule has 0 radical (unpaired) electrons. The Labute approximate surface area is 123 Å². The van der Waals surface area contributed by atoms with Crippen molar-refractivity contribution < 1.29 is 5.11 Å². The van der Waals surface area contributed by atoms with Gasteiger partial charge in [-0.25, -0.2) is 4.68 Å². The summed E-state index contributed by atoms with van der Waals surface area (Å²) in [5, 5.41) is 15.6. The molecular formula is C15H20ClN3O. The van der Waals surface area contributed by atoms with Crippen molar-refractivity contribution in [1.82, 2.24) is 14.7 Å². The van der Waals surface area contributed by atoms with Crippen LogP contribution in [0.4, 0.5) is 0 Å². The van der Waals surface area contributed by atoms with Crippen LogP contribution in [0.3, 0.4) is 0 Å². The second-order valence-electron chi connectivity index (χ2n) is 5.64. The van der Waals surface area contributed by atoms with E-state index in [1.807, 2.05) is 29.8 Å². The van der Waals surface area contributed by atoms with Gasteiger partial charge in [-0.2, -0.15) is 5.10 Å². The van der Waals surface area contributed by atoms with Crippen molar-refractivity contribution in [1.29, 1.82) is 0 Å². The van der Waals surface area contributed by atoms with E-state index in [1.165, 1.54) is 0 Å². The highest BCUT2D eigenvalue weighted by molar-refractivity contribution is 6.34. The third kappa shape index (κ3) is 2.68. The lowest BCUT2D eigenvalue weighted by molar-refractivity contribution is 0.0602. The normalized spacial score (nSPS) is 19.6. The SMILES string of the molecule is CC(O)C1CCN(Cn2nc(Cl)c3ccccc32)CC1. The quantitative estimate of drug-likeness (QED) is 0.946. The lowest BCUT2D eigenvalue weighted by Crippen LogP contribution is -2.38. The van der Waals surface area contributed by atoms with Crippen LogP contribution in [0.1, 0.15) is 19.8 Å². The van der Waals surface area contributed by atoms with E-state index in [9.17, 15) is 5.11 Å². The van der Waals surface area contributed by atoms with Crippen LogP contribution >= 0.6 is 11.6 Å². The summed E-state index contributed by atoms with van der Waals surface area (Å²) >= 11 is 6.18. The highest BCUT2D eigenvalue weighted by Gasteiger charge is 2.23. The Morgan fingerprint density at radius 3 is 2.75 bits per heavy atom. The van der Waals surface area contributed by atoms with Crippen LogP contribution in [0.25, 0.3) is 10.9 Å². The van der Waals surface area contributed by atoms with E-state index in [4.69, 9.17) is 11.6 Å². The highest BCUT2D eigenvalue weighted by atomic mass is 35.5. The topological polar surface area (TPSA) is 41.3 Å². The molecule has 4 nitrogen and oxygen atoms in total. The number of halogens is 1. The van der Waals surface area contributed by atoms with E-state index in [0.717, 1.165) is 43.5 Å². The van der Waals surface area contributed by atoms with E-state index in [0.29, 0.717) is 11.1 Å². The van der Waals surface area contributed by atoms with Gasteiger partial charge in [0.05, 0.1) is 18.3 Å². The molecule has 1 atom stereocenters. The molecule has 2 aromatic rings. The maximum absolute atomic E-state index is 9.64. The van der Waals surface area contributed by atoms with E-state index >= 15 is 0 Å². The second-order valence-corrected chi connectivity index (χ2v) is 6.00. The first-order chi connectivity index (χ1) is 9.65. The monoisotopic (exact) mass is 293 g/mol. The summed E-state index contributed by atoms with van der Waals surface area (Å²) in [4.78, 5) is 2.37. The summed E-state index contributed by atoms with van der Waals surface area (Å²) < 4.78 is 1.97. The molecule has 20 heavy (non-hydrogen) atoms. The first-order valence-electron chi connectivity index (χ1n) is 7.16. The maximum atomic E-state index is 9.64. The van der Waals surface area contributed by atoms with Crippen LogP contribution in [0.15, 0.2) is 24.3 Å². The van der Waals surface area contributed by atoms with Gasteiger partial charge >= 0.3 is 0 Å². The van der Waals surface area contributed by atoms with Gasteiger partial charge in [0, 0.05) is 18.5 Å². The molecule has 1 aliphatic heterocycles. The molecule has 1 aliphatic rings. The molecule has 1 N–H and O–H groups in total. The number of piperidine rings is 1. The minimum absolute atomic E-state index is 0.197. The largest absolute Gasteiger partial charge is 0.393 e. The summed E-state index contributed by atoms with van der Waals surface area (Å²) in [6.07, 6.45) is 1.90. The molecule has 1 aromatic carbocycles. The standard InChI is InChI=1S/C15H20ClN3O/c1-11(20)12-6-8-18(9-7-12)10-19-14-5-3-2-4-13(14)15(16)17-19/h2-5,11-12,20H,6-10H2,1H3. The zero-order chi connectivity index (χ0) is 14.1. The van der Waals surface area contributed by atoms with Crippen LogP contribution in [0.5, 0.6) is 0 Å². The molecule has 5 heteroatoms. The molecule has 1 fully saturated rings. The minimum atomic E-state index is -0.197. The van der Waals surface area contributed by atoms with E-state index < -0.39 is 0 Å². The molecule has 0 aliphatic carbocycles. The average molecular weight is 294 g/mol. The lowest BCUT2D eigenvalue weighted by atomic mass is 9.92. The third-order valence-electron chi connectivity index (χ3n) is 4.26. The predicted octanol–water partition coefficient (Wildman–Crippen LogP) is 2.74. The number of hydrogen-bond donors (Lipinski definition) is 1. The van der Waals surface area contributed by atoms with Gasteiger partial charge in [0.1, 0.15) is 0 Å². The van der Waals surface area contributed by atoms with Gasteiger partial charge in [-0.05, 0) is 37.8 Å². The minimum Gasteiger partial charge on any atom is -0.393 e. The maximum Gasteiger partial charge on any atom is 0.158 e. The van der Waals surface area contributed by atoms with Crippen LogP contribution < -0.4 is 0 Å². The Kier molecular flexibility index (Phi) is 3.96. The fourth-order valence-corrected chi connectivity index (χ4v) is 3.21. The highest BCUT2D eigenvalue weighted by Crippen LogP contribution is 2.24.